The fourth-order valence-electron chi connectivity index (χ4n) is 1.57. The van der Waals surface area contributed by atoms with Gasteiger partial charge in [-0.3, -0.25) is 4.79 Å². The van der Waals surface area contributed by atoms with Crippen molar-refractivity contribution < 1.29 is 23.1 Å². The summed E-state index contributed by atoms with van der Waals surface area (Å²) in [6, 6.07) is 5.79. The highest BCUT2D eigenvalue weighted by Crippen LogP contribution is 2.22. The summed E-state index contributed by atoms with van der Waals surface area (Å²) in [4.78, 5) is 10.5. The maximum absolute atomic E-state index is 12.1. The average Bonchev–Trinajstić information content (AvgIpc) is 2.35. The third kappa shape index (κ3) is 4.53. The van der Waals surface area contributed by atoms with E-state index >= 15 is 0 Å². The molecule has 1 aromatic rings. The van der Waals surface area contributed by atoms with Gasteiger partial charge >= 0.3 is 5.97 Å². The predicted molar refractivity (Wildman–Crippen MR) is 69.6 cm³/mol. The molecule has 7 heteroatoms. The highest BCUT2D eigenvalue weighted by atomic mass is 32.2. The van der Waals surface area contributed by atoms with Crippen LogP contribution in [0, 0.1) is 0 Å². The molecule has 1 atom stereocenters. The van der Waals surface area contributed by atoms with E-state index in [4.69, 9.17) is 9.84 Å². The molecule has 0 saturated heterocycles. The number of carboxylic acid groups (broad SMARTS) is 1. The summed E-state index contributed by atoms with van der Waals surface area (Å²) in [5.74, 6) is -0.705. The molecule has 1 rings (SSSR count). The molecule has 6 nitrogen and oxygen atoms in total. The van der Waals surface area contributed by atoms with Crippen LogP contribution >= 0.6 is 0 Å². The Kier molecular flexibility index (Phi) is 5.31. The normalized spacial score (nSPS) is 12.9. The fraction of sp³-hybridized carbons (Fsp3) is 0.417. The van der Waals surface area contributed by atoms with Crippen molar-refractivity contribution in [2.45, 2.75) is 30.7 Å². The minimum Gasteiger partial charge on any atom is -0.495 e. The maximum atomic E-state index is 12.1. The van der Waals surface area contributed by atoms with Gasteiger partial charge in [0.05, 0.1) is 7.11 Å². The summed E-state index contributed by atoms with van der Waals surface area (Å²) >= 11 is 0. The molecule has 1 aromatic carbocycles. The van der Waals surface area contributed by atoms with Gasteiger partial charge in [-0.25, -0.2) is 13.1 Å². The second-order valence-corrected chi connectivity index (χ2v) is 5.79. The van der Waals surface area contributed by atoms with Crippen molar-refractivity contribution in [3.8, 4) is 5.75 Å². The van der Waals surface area contributed by atoms with Crippen molar-refractivity contribution in [2.75, 3.05) is 7.11 Å². The summed E-state index contributed by atoms with van der Waals surface area (Å²) in [5.41, 5.74) is 0. The van der Waals surface area contributed by atoms with Crippen LogP contribution in [0.5, 0.6) is 5.75 Å². The number of rotatable bonds is 7. The number of ether oxygens (including phenoxy) is 1. The van der Waals surface area contributed by atoms with Gasteiger partial charge in [0.25, 0.3) is 0 Å². The number of para-hydroxylation sites is 1. The summed E-state index contributed by atoms with van der Waals surface area (Å²) in [6.07, 6.45) is 0.138. The largest absolute Gasteiger partial charge is 0.495 e. The Bertz CT molecular complexity index is 541. The zero-order chi connectivity index (χ0) is 14.5. The Balaban J connectivity index is 2.83. The van der Waals surface area contributed by atoms with Gasteiger partial charge in [-0.05, 0) is 25.5 Å². The van der Waals surface area contributed by atoms with Gasteiger partial charge in [-0.15, -0.1) is 0 Å². The molecular formula is C12H17NO5S. The molecule has 0 aromatic heterocycles. The number of sulfonamides is 1. The zero-order valence-electron chi connectivity index (χ0n) is 10.8. The molecule has 0 spiro atoms. The maximum Gasteiger partial charge on any atom is 0.303 e. The molecule has 0 heterocycles. The van der Waals surface area contributed by atoms with Gasteiger partial charge in [0, 0.05) is 12.5 Å². The van der Waals surface area contributed by atoms with Crippen LogP contribution in [-0.2, 0) is 14.8 Å². The second-order valence-electron chi connectivity index (χ2n) is 4.11. The van der Waals surface area contributed by atoms with Crippen LogP contribution in [0.3, 0.4) is 0 Å². The molecule has 0 amide bonds. The molecule has 2 N–H and O–H groups in total. The highest BCUT2D eigenvalue weighted by molar-refractivity contribution is 7.89. The molecule has 0 bridgehead atoms. The lowest BCUT2D eigenvalue weighted by Crippen LogP contribution is -2.33. The first-order chi connectivity index (χ1) is 8.86. The van der Waals surface area contributed by atoms with Gasteiger partial charge in [0.15, 0.2) is 0 Å². The van der Waals surface area contributed by atoms with Crippen LogP contribution in [0.4, 0.5) is 0 Å². The van der Waals surface area contributed by atoms with Crippen molar-refractivity contribution in [3.63, 3.8) is 0 Å². The van der Waals surface area contributed by atoms with E-state index in [1.165, 1.54) is 13.2 Å². The molecule has 19 heavy (non-hydrogen) atoms. The Morgan fingerprint density at radius 3 is 2.63 bits per heavy atom. The van der Waals surface area contributed by atoms with Gasteiger partial charge in [0.2, 0.25) is 10.0 Å². The smallest absolute Gasteiger partial charge is 0.303 e. The summed E-state index contributed by atoms with van der Waals surface area (Å²) in [5, 5.41) is 8.56. The van der Waals surface area contributed by atoms with E-state index < -0.39 is 22.0 Å². The number of hydrogen-bond acceptors (Lipinski definition) is 4. The number of hydrogen-bond donors (Lipinski definition) is 2. The molecule has 0 fully saturated rings. The van der Waals surface area contributed by atoms with Crippen molar-refractivity contribution in [2.24, 2.45) is 0 Å². The fourth-order valence-corrected chi connectivity index (χ4v) is 3.02. The Morgan fingerprint density at radius 2 is 2.05 bits per heavy atom. The molecule has 0 radical (unpaired) electrons. The summed E-state index contributed by atoms with van der Waals surface area (Å²) < 4.78 is 31.7. The third-order valence-corrected chi connectivity index (χ3v) is 4.14. The lowest BCUT2D eigenvalue weighted by Gasteiger charge is -2.15. The quantitative estimate of drug-likeness (QED) is 0.786. The van der Waals surface area contributed by atoms with E-state index in [-0.39, 0.29) is 23.5 Å². The number of benzene rings is 1. The molecule has 0 aliphatic heterocycles. The zero-order valence-corrected chi connectivity index (χ0v) is 11.6. The number of carbonyl (C=O) groups is 1. The van der Waals surface area contributed by atoms with Crippen LogP contribution in [0.15, 0.2) is 29.2 Å². The van der Waals surface area contributed by atoms with Gasteiger partial charge in [-0.1, -0.05) is 12.1 Å². The molecule has 0 aliphatic carbocycles. The minimum atomic E-state index is -3.72. The van der Waals surface area contributed by atoms with Crippen molar-refractivity contribution in [1.82, 2.24) is 4.72 Å². The van der Waals surface area contributed by atoms with Crippen molar-refractivity contribution >= 4 is 16.0 Å². The third-order valence-electron chi connectivity index (χ3n) is 2.51. The number of nitrogens with one attached hydrogen (secondary N) is 1. The van der Waals surface area contributed by atoms with Crippen molar-refractivity contribution in [1.29, 1.82) is 0 Å². The molecular weight excluding hydrogens is 270 g/mol. The van der Waals surface area contributed by atoms with E-state index in [2.05, 4.69) is 4.72 Å². The Labute approximate surface area is 112 Å². The predicted octanol–water partition coefficient (Wildman–Crippen LogP) is 1.23. The van der Waals surface area contributed by atoms with Crippen LogP contribution in [0.2, 0.25) is 0 Å². The van der Waals surface area contributed by atoms with E-state index in [9.17, 15) is 13.2 Å². The monoisotopic (exact) mass is 287 g/mol. The number of carboxylic acids is 1. The average molecular weight is 287 g/mol. The van der Waals surface area contributed by atoms with Crippen LogP contribution in [0.1, 0.15) is 19.8 Å². The molecule has 106 valence electrons. The molecule has 0 aliphatic rings. The number of aliphatic carboxylic acids is 1. The molecule has 0 saturated carbocycles. The SMILES string of the molecule is COc1ccccc1S(=O)(=O)NC(C)CCC(=O)O. The first-order valence-electron chi connectivity index (χ1n) is 5.74. The summed E-state index contributed by atoms with van der Waals surface area (Å²) in [6.45, 7) is 1.62. The first-order valence-corrected chi connectivity index (χ1v) is 7.22. The Morgan fingerprint density at radius 1 is 1.42 bits per heavy atom. The second kappa shape index (κ2) is 6.53. The highest BCUT2D eigenvalue weighted by Gasteiger charge is 2.21. The van der Waals surface area contributed by atoms with Crippen LogP contribution in [0.25, 0.3) is 0 Å². The first kappa shape index (κ1) is 15.5. The van der Waals surface area contributed by atoms with Gasteiger partial charge in [-0.2, -0.15) is 0 Å². The van der Waals surface area contributed by atoms with E-state index in [0.717, 1.165) is 0 Å². The molecule has 1 unspecified atom stereocenters. The van der Waals surface area contributed by atoms with Crippen LogP contribution < -0.4 is 9.46 Å². The topological polar surface area (TPSA) is 92.7 Å². The van der Waals surface area contributed by atoms with E-state index in [0.29, 0.717) is 0 Å². The Hall–Kier alpha value is -1.60. The number of methoxy groups -OCH3 is 1. The minimum absolute atomic E-state index is 0.0414. The van der Waals surface area contributed by atoms with E-state index in [1.807, 2.05) is 0 Å². The van der Waals surface area contributed by atoms with Crippen LogP contribution in [-0.4, -0.2) is 32.6 Å². The summed E-state index contributed by atoms with van der Waals surface area (Å²) in [7, 11) is -2.33. The van der Waals surface area contributed by atoms with Gasteiger partial charge < -0.3 is 9.84 Å². The lowest BCUT2D eigenvalue weighted by atomic mass is 10.2. The standard InChI is InChI=1S/C12H17NO5S/c1-9(7-8-12(14)15)13-19(16,17)11-6-4-3-5-10(11)18-2/h3-6,9,13H,7-8H2,1-2H3,(H,14,15). The van der Waals surface area contributed by atoms with Crippen molar-refractivity contribution in [3.05, 3.63) is 24.3 Å². The lowest BCUT2D eigenvalue weighted by molar-refractivity contribution is -0.137. The van der Waals surface area contributed by atoms with E-state index in [1.54, 1.807) is 25.1 Å². The van der Waals surface area contributed by atoms with Gasteiger partial charge in [0.1, 0.15) is 10.6 Å².